The summed E-state index contributed by atoms with van der Waals surface area (Å²) in [6.45, 7) is 8.77. The molecule has 0 aromatic carbocycles. The van der Waals surface area contributed by atoms with Crippen molar-refractivity contribution in [3.05, 3.63) is 6.10 Å². The molecule has 0 aromatic heterocycles. The van der Waals surface area contributed by atoms with Crippen LogP contribution in [-0.2, 0) is 9.47 Å². The zero-order valence-electron chi connectivity index (χ0n) is 8.43. The third-order valence-electron chi connectivity index (χ3n) is 0.677. The molecule has 0 aromatic rings. The van der Waals surface area contributed by atoms with E-state index in [1.165, 1.54) is 0 Å². The fourth-order valence-electron chi connectivity index (χ4n) is 0.438. The van der Waals surface area contributed by atoms with E-state index in [4.69, 9.17) is 4.74 Å². The summed E-state index contributed by atoms with van der Waals surface area (Å²) in [4.78, 5) is 10.8. The summed E-state index contributed by atoms with van der Waals surface area (Å²) < 4.78 is 9.55. The number of carbonyl (C=O) groups excluding carboxylic acids is 1. The molecule has 0 saturated heterocycles. The van der Waals surface area contributed by atoms with Gasteiger partial charge in [-0.25, -0.2) is 4.79 Å². The molecule has 0 atom stereocenters. The Hall–Kier alpha value is -1.73. The first-order chi connectivity index (χ1) is 4.81. The summed E-state index contributed by atoms with van der Waals surface area (Å²) in [6, 6.07) is 0. The maximum Gasteiger partial charge on any atom is 0.476 e. The van der Waals surface area contributed by atoms with Crippen LogP contribution in [0.5, 0.6) is 0 Å². The average Bonchev–Trinajstić information content (AvgIpc) is 1.53. The number of rotatable bonds is 1. The first kappa shape index (κ1) is 12.9. The van der Waals surface area contributed by atoms with E-state index >= 15 is 0 Å². The summed E-state index contributed by atoms with van der Waals surface area (Å²) in [6.07, 6.45) is -0.0586. The zero-order valence-corrected chi connectivity index (χ0v) is 14.8. The second-order valence-corrected chi connectivity index (χ2v) is 3.47. The molecule has 68 valence electrons. The summed E-state index contributed by atoms with van der Waals surface area (Å²) >= 11 is 0. The third-order valence-corrected chi connectivity index (χ3v) is 0.677. The molecule has 0 aliphatic rings. The topological polar surface area (TPSA) is 35.5 Å². The monoisotopic (exact) mass is 426 g/mol. The Balaban J connectivity index is 0. The minimum absolute atomic E-state index is 0. The van der Waals surface area contributed by atoms with E-state index < -0.39 is 11.8 Å². The summed E-state index contributed by atoms with van der Waals surface area (Å²) in [5.41, 5.74) is -0.480. The van der Waals surface area contributed by atoms with Crippen molar-refractivity contribution in [1.82, 2.24) is 0 Å². The molecule has 0 unspecified atom stereocenters. The van der Waals surface area contributed by atoms with E-state index in [0.717, 1.165) is 0 Å². The zero-order chi connectivity index (χ0) is 9.07. The van der Waals surface area contributed by atoms with Crippen LogP contribution in [0.1, 0.15) is 34.6 Å². The molecule has 3 nitrogen and oxygen atoms in total. The second kappa shape index (κ2) is 4.21. The maximum absolute atomic E-state index is 10.8. The van der Waals surface area contributed by atoms with Gasteiger partial charge >= 0.3 is 6.16 Å². The second-order valence-electron chi connectivity index (χ2n) is 3.47. The van der Waals surface area contributed by atoms with Crippen LogP contribution in [0.25, 0.3) is 0 Å². The predicted octanol–water partition coefficient (Wildman–Crippen LogP) is 2.51. The van der Waals surface area contributed by atoms with E-state index in [-0.39, 0.29) is 0 Å². The normalized spacial score (nSPS) is 10.5. The molecule has 0 aliphatic heterocycles. The van der Waals surface area contributed by atoms with Crippen molar-refractivity contribution in [2.24, 2.45) is 0 Å². The van der Waals surface area contributed by atoms with Crippen molar-refractivity contribution < 1.29 is 14.3 Å². The van der Waals surface area contributed by atoms with Crippen LogP contribution in [-0.4, -0.2) is 11.8 Å². The first-order valence-electron chi connectivity index (χ1n) is 3.52. The van der Waals surface area contributed by atoms with Gasteiger partial charge in [0.05, 0.1) is 0 Å². The Morgan fingerprint density at radius 3 is 1.92 bits per heavy atom. The van der Waals surface area contributed by atoms with Crippen molar-refractivity contribution >= 4 is 6.16 Å². The summed E-state index contributed by atoms with van der Waals surface area (Å²) in [5.74, 6) is 0. The van der Waals surface area contributed by atoms with Crippen molar-refractivity contribution in [1.29, 1.82) is 0 Å². The molecular formula is C8H15O3Rf-. The maximum atomic E-state index is 10.8. The molecule has 0 bridgehead atoms. The first-order valence-corrected chi connectivity index (χ1v) is 3.52. The number of carbonyl (C=O) groups is 1. The van der Waals surface area contributed by atoms with Crippen LogP contribution >= 0.6 is 0 Å². The van der Waals surface area contributed by atoms with Crippen LogP contribution in [0.4, 0.5) is 4.79 Å². The van der Waals surface area contributed by atoms with Gasteiger partial charge in [-0.2, -0.15) is 13.8 Å². The van der Waals surface area contributed by atoms with Gasteiger partial charge in [0.2, 0.25) is 0 Å². The predicted molar refractivity (Wildman–Crippen MR) is 41.9 cm³/mol. The Bertz CT molecular complexity index is 138. The van der Waals surface area contributed by atoms with Gasteiger partial charge in [0.1, 0.15) is 5.60 Å². The molecule has 0 heterocycles. The van der Waals surface area contributed by atoms with Gasteiger partial charge in [0.25, 0.3) is 0 Å². The number of hydrogen-bond acceptors (Lipinski definition) is 3. The fraction of sp³-hybridized carbons (Fsp3) is 0.750. The van der Waals surface area contributed by atoms with Crippen molar-refractivity contribution in [3.63, 3.8) is 0 Å². The van der Waals surface area contributed by atoms with Gasteiger partial charge in [0, 0.05) is 0 Å². The Labute approximate surface area is 67.7 Å². The molecule has 0 saturated carbocycles. The molecular weight excluding hydrogens is 411 g/mol. The van der Waals surface area contributed by atoms with E-state index in [9.17, 15) is 4.79 Å². The minimum atomic E-state index is -0.641. The molecule has 4 heteroatoms. The molecule has 0 rings (SSSR count). The molecule has 0 N–H and O–H groups in total. The Kier molecular flexibility index (Phi) is 4.53. The molecule has 0 fully saturated rings. The van der Waals surface area contributed by atoms with E-state index in [1.54, 1.807) is 34.6 Å². The molecule has 0 radical (unpaired) electrons. The van der Waals surface area contributed by atoms with Crippen molar-refractivity contribution in [2.75, 3.05) is 0 Å². The molecule has 0 aliphatic carbocycles. The van der Waals surface area contributed by atoms with Gasteiger partial charge in [-0.05, 0) is 20.8 Å². The van der Waals surface area contributed by atoms with Crippen LogP contribution in [0.3, 0.4) is 0 Å². The quantitative estimate of drug-likeness (QED) is 0.478. The molecule has 0 spiro atoms. The fourth-order valence-corrected chi connectivity index (χ4v) is 0.438. The minimum Gasteiger partial charge on any atom is -0.603 e. The van der Waals surface area contributed by atoms with Gasteiger partial charge in [-0.1, -0.05) is 0 Å². The molecule has 12 heavy (non-hydrogen) atoms. The summed E-state index contributed by atoms with van der Waals surface area (Å²) in [5, 5.41) is 0. The number of ether oxygens (including phenoxy) is 2. The molecule has 0 amide bonds. The van der Waals surface area contributed by atoms with E-state index in [2.05, 4.69) is 4.74 Å². The van der Waals surface area contributed by atoms with Crippen LogP contribution in [0, 0.1) is 6.10 Å². The average molecular weight is 426 g/mol. The SMILES string of the molecule is C[C-](C)OC(=O)OC(C)(C)C.[Rf]. The van der Waals surface area contributed by atoms with Gasteiger partial charge in [-0.15, -0.1) is 6.10 Å². The van der Waals surface area contributed by atoms with Gasteiger partial charge in [0.15, 0.2) is 0 Å². The van der Waals surface area contributed by atoms with E-state index in [0.29, 0.717) is 6.10 Å². The largest absolute Gasteiger partial charge is 0.603 e. The standard InChI is InChI=1S/C8H15O3.Rf/c1-6(2)10-7(9)11-8(3,4)5;/h1-5H3;/q-1;. The van der Waals surface area contributed by atoms with Crippen LogP contribution < -0.4 is 0 Å². The van der Waals surface area contributed by atoms with Crippen LogP contribution in [0.15, 0.2) is 0 Å². The van der Waals surface area contributed by atoms with Gasteiger partial charge in [-0.3, -0.25) is 0 Å². The van der Waals surface area contributed by atoms with Gasteiger partial charge < -0.3 is 9.47 Å². The Morgan fingerprint density at radius 1 is 1.25 bits per heavy atom. The van der Waals surface area contributed by atoms with Crippen LogP contribution in [0.2, 0.25) is 0 Å². The van der Waals surface area contributed by atoms with Crippen molar-refractivity contribution in [2.45, 2.75) is 40.2 Å². The van der Waals surface area contributed by atoms with E-state index in [1.807, 2.05) is 0 Å². The smallest absolute Gasteiger partial charge is 0.476 e. The summed E-state index contributed by atoms with van der Waals surface area (Å²) in [7, 11) is 0. The van der Waals surface area contributed by atoms with Crippen molar-refractivity contribution in [3.8, 4) is 0 Å². The number of hydrogen-bond donors (Lipinski definition) is 0. The third kappa shape index (κ3) is 8.27. The Morgan fingerprint density at radius 2 is 1.67 bits per heavy atom.